The van der Waals surface area contributed by atoms with Gasteiger partial charge in [0.05, 0.1) is 0 Å². The Hall–Kier alpha value is -0.880. The SMILES string of the molecule is C/C=C(/C(N)=O)S(=O)(=O)O. The Bertz CT molecular complexity index is 263. The molecule has 0 aromatic rings. The van der Waals surface area contributed by atoms with E-state index in [1.54, 1.807) is 0 Å². The van der Waals surface area contributed by atoms with Gasteiger partial charge in [-0.25, -0.2) is 0 Å². The van der Waals surface area contributed by atoms with Gasteiger partial charge in [0.25, 0.3) is 16.0 Å². The summed E-state index contributed by atoms with van der Waals surface area (Å²) in [5.74, 6) is -1.16. The van der Waals surface area contributed by atoms with E-state index in [2.05, 4.69) is 5.73 Å². The maximum Gasteiger partial charge on any atom is 0.299 e. The van der Waals surface area contributed by atoms with Crippen molar-refractivity contribution < 1.29 is 17.8 Å². The second-order valence-electron chi connectivity index (χ2n) is 1.49. The summed E-state index contributed by atoms with van der Waals surface area (Å²) in [5, 5.41) is 0. The second-order valence-corrected chi connectivity index (χ2v) is 2.88. The Morgan fingerprint density at radius 1 is 1.60 bits per heavy atom. The van der Waals surface area contributed by atoms with Crippen molar-refractivity contribution in [1.29, 1.82) is 0 Å². The van der Waals surface area contributed by atoms with Gasteiger partial charge in [-0.1, -0.05) is 6.08 Å². The van der Waals surface area contributed by atoms with Crippen LogP contribution in [-0.2, 0) is 14.9 Å². The lowest BCUT2D eigenvalue weighted by Gasteiger charge is -1.94. The smallest absolute Gasteiger partial charge is 0.299 e. The molecule has 0 fully saturated rings. The van der Waals surface area contributed by atoms with Crippen molar-refractivity contribution in [3.63, 3.8) is 0 Å². The fraction of sp³-hybridized carbons (Fsp3) is 0.250. The minimum absolute atomic E-state index is 0.785. The average Bonchev–Trinajstić information content (AvgIpc) is 1.60. The van der Waals surface area contributed by atoms with Gasteiger partial charge in [-0.3, -0.25) is 9.35 Å². The first kappa shape index (κ1) is 9.12. The highest BCUT2D eigenvalue weighted by molar-refractivity contribution is 7.90. The van der Waals surface area contributed by atoms with Crippen molar-refractivity contribution in [2.45, 2.75) is 6.92 Å². The molecule has 0 rings (SSSR count). The lowest BCUT2D eigenvalue weighted by atomic mass is 10.5. The van der Waals surface area contributed by atoms with E-state index in [4.69, 9.17) is 4.55 Å². The maximum absolute atomic E-state index is 10.2. The summed E-state index contributed by atoms with van der Waals surface area (Å²) in [6, 6.07) is 0. The van der Waals surface area contributed by atoms with E-state index < -0.39 is 20.9 Å². The molecule has 5 nitrogen and oxygen atoms in total. The molecule has 6 heteroatoms. The van der Waals surface area contributed by atoms with Crippen molar-refractivity contribution in [2.75, 3.05) is 0 Å². The van der Waals surface area contributed by atoms with Gasteiger partial charge in [-0.05, 0) is 6.92 Å². The molecule has 0 aromatic heterocycles. The highest BCUT2D eigenvalue weighted by Gasteiger charge is 2.17. The third-order valence-electron chi connectivity index (χ3n) is 0.783. The molecule has 0 heterocycles. The third kappa shape index (κ3) is 2.16. The number of carbonyl (C=O) groups is 1. The van der Waals surface area contributed by atoms with Gasteiger partial charge in [-0.2, -0.15) is 8.42 Å². The number of amides is 1. The molecule has 0 aliphatic rings. The first-order valence-corrected chi connectivity index (χ1v) is 3.77. The van der Waals surface area contributed by atoms with Crippen LogP contribution in [0.3, 0.4) is 0 Å². The largest absolute Gasteiger partial charge is 0.365 e. The molecule has 0 saturated carbocycles. The van der Waals surface area contributed by atoms with Crippen LogP contribution in [0.2, 0.25) is 0 Å². The molecule has 58 valence electrons. The lowest BCUT2D eigenvalue weighted by Crippen LogP contribution is -2.20. The van der Waals surface area contributed by atoms with Crippen molar-refractivity contribution >= 4 is 16.0 Å². The van der Waals surface area contributed by atoms with E-state index in [1.807, 2.05) is 0 Å². The van der Waals surface area contributed by atoms with Crippen LogP contribution in [0.25, 0.3) is 0 Å². The van der Waals surface area contributed by atoms with Gasteiger partial charge in [-0.15, -0.1) is 0 Å². The first-order chi connectivity index (χ1) is 4.39. The molecule has 0 saturated heterocycles. The number of nitrogens with two attached hydrogens (primary N) is 1. The van der Waals surface area contributed by atoms with Crippen LogP contribution in [-0.4, -0.2) is 18.9 Å². The number of hydrogen-bond donors (Lipinski definition) is 2. The predicted octanol–water partition coefficient (Wildman–Crippen LogP) is -0.737. The summed E-state index contributed by atoms with van der Waals surface area (Å²) in [6.45, 7) is 1.29. The fourth-order valence-corrected chi connectivity index (χ4v) is 0.970. The Labute approximate surface area is 58.3 Å². The van der Waals surface area contributed by atoms with Gasteiger partial charge in [0.1, 0.15) is 0 Å². The van der Waals surface area contributed by atoms with Crippen molar-refractivity contribution in [3.8, 4) is 0 Å². The molecule has 0 unspecified atom stereocenters. The van der Waals surface area contributed by atoms with E-state index in [-0.39, 0.29) is 0 Å². The molecular weight excluding hydrogens is 158 g/mol. The lowest BCUT2D eigenvalue weighted by molar-refractivity contribution is -0.114. The fourth-order valence-electron chi connectivity index (χ4n) is 0.418. The molecule has 1 amide bonds. The average molecular weight is 165 g/mol. The molecule has 0 aromatic carbocycles. The Kier molecular flexibility index (Phi) is 2.56. The molecule has 0 atom stereocenters. The highest BCUT2D eigenvalue weighted by atomic mass is 32.2. The number of primary amides is 1. The first-order valence-electron chi connectivity index (χ1n) is 2.33. The predicted molar refractivity (Wildman–Crippen MR) is 34.5 cm³/mol. The summed E-state index contributed by atoms with van der Waals surface area (Å²) in [7, 11) is -4.43. The molecule has 0 spiro atoms. The van der Waals surface area contributed by atoms with Crippen LogP contribution in [0.15, 0.2) is 11.0 Å². The zero-order valence-corrected chi connectivity index (χ0v) is 6.05. The van der Waals surface area contributed by atoms with Crippen LogP contribution < -0.4 is 5.73 Å². The van der Waals surface area contributed by atoms with Gasteiger partial charge in [0, 0.05) is 0 Å². The van der Waals surface area contributed by atoms with Gasteiger partial charge >= 0.3 is 0 Å². The molecule has 3 N–H and O–H groups in total. The standard InChI is InChI=1S/C4H7NO4S/c1-2-3(4(5)6)10(7,8)9/h2H,1H3,(H2,5,6)(H,7,8,9)/b3-2-. The molecule has 0 radical (unpaired) electrons. The van der Waals surface area contributed by atoms with E-state index in [0.29, 0.717) is 0 Å². The Balaban J connectivity index is 4.95. The van der Waals surface area contributed by atoms with Crippen LogP contribution in [0.5, 0.6) is 0 Å². The number of carbonyl (C=O) groups excluding carboxylic acids is 1. The zero-order chi connectivity index (χ0) is 8.36. The summed E-state index contributed by atoms with van der Waals surface area (Å²) in [6.07, 6.45) is 0.928. The van der Waals surface area contributed by atoms with E-state index >= 15 is 0 Å². The molecule has 0 aliphatic carbocycles. The van der Waals surface area contributed by atoms with Gasteiger partial charge in [0.2, 0.25) is 0 Å². The van der Waals surface area contributed by atoms with Crippen LogP contribution in [0.4, 0.5) is 0 Å². The molecular formula is C4H7NO4S. The Morgan fingerprint density at radius 2 is 2.00 bits per heavy atom. The minimum atomic E-state index is -4.43. The van der Waals surface area contributed by atoms with E-state index in [9.17, 15) is 13.2 Å². The van der Waals surface area contributed by atoms with Crippen LogP contribution in [0, 0.1) is 0 Å². The Morgan fingerprint density at radius 3 is 2.00 bits per heavy atom. The summed E-state index contributed by atoms with van der Waals surface area (Å²) in [5.41, 5.74) is 4.59. The van der Waals surface area contributed by atoms with E-state index in [0.717, 1.165) is 6.08 Å². The number of hydrogen-bond acceptors (Lipinski definition) is 3. The normalized spacial score (nSPS) is 13.2. The van der Waals surface area contributed by atoms with Crippen molar-refractivity contribution in [1.82, 2.24) is 0 Å². The van der Waals surface area contributed by atoms with E-state index in [1.165, 1.54) is 6.92 Å². The summed E-state index contributed by atoms with van der Waals surface area (Å²) < 4.78 is 28.6. The maximum atomic E-state index is 10.2. The third-order valence-corrected chi connectivity index (χ3v) is 1.78. The van der Waals surface area contributed by atoms with Crippen molar-refractivity contribution in [3.05, 3.63) is 11.0 Å². The summed E-state index contributed by atoms with van der Waals surface area (Å²) >= 11 is 0. The van der Waals surface area contributed by atoms with Gasteiger partial charge in [0.15, 0.2) is 4.91 Å². The molecule has 10 heavy (non-hydrogen) atoms. The number of allylic oxidation sites excluding steroid dienone is 1. The summed E-state index contributed by atoms with van der Waals surface area (Å²) in [4.78, 5) is 9.41. The topological polar surface area (TPSA) is 97.5 Å². The molecule has 0 bridgehead atoms. The quantitative estimate of drug-likeness (QED) is 0.416. The van der Waals surface area contributed by atoms with Crippen molar-refractivity contribution in [2.24, 2.45) is 5.73 Å². The minimum Gasteiger partial charge on any atom is -0.365 e. The highest BCUT2D eigenvalue weighted by Crippen LogP contribution is 2.00. The molecule has 0 aliphatic heterocycles. The van der Waals surface area contributed by atoms with Gasteiger partial charge < -0.3 is 5.73 Å². The second kappa shape index (κ2) is 2.80. The zero-order valence-electron chi connectivity index (χ0n) is 5.23. The van der Waals surface area contributed by atoms with Crippen LogP contribution in [0.1, 0.15) is 6.92 Å². The van der Waals surface area contributed by atoms with Crippen LogP contribution >= 0.6 is 0 Å². The number of rotatable bonds is 2. The monoisotopic (exact) mass is 165 g/mol.